The topological polar surface area (TPSA) is 45.8 Å². The van der Waals surface area contributed by atoms with E-state index < -0.39 is 5.41 Å². The van der Waals surface area contributed by atoms with Crippen molar-refractivity contribution in [3.05, 3.63) is 46.8 Å². The highest BCUT2D eigenvalue weighted by Crippen LogP contribution is 2.20. The number of para-hydroxylation sites is 1. The lowest BCUT2D eigenvalue weighted by Crippen LogP contribution is -2.22. The second-order valence-electron chi connectivity index (χ2n) is 5.13. The number of pyridine rings is 1. The van der Waals surface area contributed by atoms with Gasteiger partial charge >= 0.3 is 0 Å². The minimum Gasteiger partial charge on any atom is -0.308 e. The molecule has 0 atom stereocenters. The second-order valence-corrected chi connectivity index (χ2v) is 5.13. The van der Waals surface area contributed by atoms with Gasteiger partial charge in [0.1, 0.15) is 0 Å². The summed E-state index contributed by atoms with van der Waals surface area (Å²) in [7, 11) is 0. The Morgan fingerprint density at radius 2 is 1.94 bits per heavy atom. The maximum atomic E-state index is 11.9. The highest BCUT2D eigenvalue weighted by atomic mass is 16.1. The van der Waals surface area contributed by atoms with E-state index >= 15 is 0 Å². The van der Waals surface area contributed by atoms with Gasteiger partial charge < -0.3 is 4.57 Å². The number of nitriles is 1. The third-order valence-corrected chi connectivity index (χ3v) is 3.16. The van der Waals surface area contributed by atoms with Crippen molar-refractivity contribution in [2.75, 3.05) is 0 Å². The average molecular weight is 240 g/mol. The maximum Gasteiger partial charge on any atom is 0.251 e. The largest absolute Gasteiger partial charge is 0.308 e. The molecule has 0 aliphatic heterocycles. The molecule has 0 radical (unpaired) electrons. The van der Waals surface area contributed by atoms with Gasteiger partial charge in [0.2, 0.25) is 0 Å². The molecule has 0 aliphatic carbocycles. The van der Waals surface area contributed by atoms with Crippen molar-refractivity contribution in [3.8, 4) is 6.07 Å². The van der Waals surface area contributed by atoms with Crippen LogP contribution in [0.4, 0.5) is 0 Å². The van der Waals surface area contributed by atoms with Crippen LogP contribution < -0.4 is 5.56 Å². The molecule has 0 saturated heterocycles. The molecule has 1 aromatic carbocycles. The van der Waals surface area contributed by atoms with E-state index in [0.29, 0.717) is 13.0 Å². The molecule has 1 heterocycles. The number of nitrogens with zero attached hydrogens (tertiary/aromatic N) is 2. The van der Waals surface area contributed by atoms with E-state index in [1.807, 2.05) is 44.2 Å². The number of fused-ring (bicyclic) bond motifs is 1. The lowest BCUT2D eigenvalue weighted by molar-refractivity contribution is 0.414. The molecule has 0 aliphatic rings. The summed E-state index contributed by atoms with van der Waals surface area (Å²) >= 11 is 0. The lowest BCUT2D eigenvalue weighted by atomic mass is 9.91. The molecule has 92 valence electrons. The van der Waals surface area contributed by atoms with Crippen LogP contribution in [0.3, 0.4) is 0 Å². The fourth-order valence-electron chi connectivity index (χ4n) is 1.92. The third-order valence-electron chi connectivity index (χ3n) is 3.16. The molecular weight excluding hydrogens is 224 g/mol. The Hall–Kier alpha value is -2.08. The van der Waals surface area contributed by atoms with Gasteiger partial charge in [-0.15, -0.1) is 0 Å². The normalized spacial score (nSPS) is 11.4. The molecule has 0 spiro atoms. The number of aryl methyl sites for hydroxylation is 1. The first-order valence-corrected chi connectivity index (χ1v) is 6.03. The number of aromatic nitrogens is 1. The molecule has 0 bridgehead atoms. The van der Waals surface area contributed by atoms with Crippen LogP contribution in [0.25, 0.3) is 10.9 Å². The molecule has 0 unspecified atom stereocenters. The average Bonchev–Trinajstić information content (AvgIpc) is 2.37. The molecule has 2 aromatic rings. The fourth-order valence-corrected chi connectivity index (χ4v) is 1.92. The van der Waals surface area contributed by atoms with Gasteiger partial charge in [-0.2, -0.15) is 5.26 Å². The summed E-state index contributed by atoms with van der Waals surface area (Å²) < 4.78 is 1.74. The first kappa shape index (κ1) is 12.4. The number of hydrogen-bond donors (Lipinski definition) is 0. The van der Waals surface area contributed by atoms with Gasteiger partial charge in [-0.1, -0.05) is 18.2 Å². The van der Waals surface area contributed by atoms with Crippen LogP contribution in [0, 0.1) is 16.7 Å². The van der Waals surface area contributed by atoms with E-state index in [-0.39, 0.29) is 5.56 Å². The Balaban J connectivity index is 2.42. The molecule has 2 rings (SSSR count). The van der Waals surface area contributed by atoms with Crippen LogP contribution in [0.1, 0.15) is 20.3 Å². The van der Waals surface area contributed by atoms with Gasteiger partial charge in [-0.3, -0.25) is 4.79 Å². The van der Waals surface area contributed by atoms with E-state index in [4.69, 9.17) is 5.26 Å². The molecule has 0 N–H and O–H groups in total. The van der Waals surface area contributed by atoms with Crippen LogP contribution in [-0.4, -0.2) is 4.57 Å². The van der Waals surface area contributed by atoms with Crippen molar-refractivity contribution >= 4 is 10.9 Å². The molecule has 3 heteroatoms. The van der Waals surface area contributed by atoms with Crippen molar-refractivity contribution in [2.45, 2.75) is 26.8 Å². The Kier molecular flexibility index (Phi) is 3.20. The Morgan fingerprint density at radius 3 is 2.67 bits per heavy atom. The fraction of sp³-hybridized carbons (Fsp3) is 0.333. The number of hydrogen-bond acceptors (Lipinski definition) is 2. The van der Waals surface area contributed by atoms with Gasteiger partial charge in [0.15, 0.2) is 0 Å². The highest BCUT2D eigenvalue weighted by Gasteiger charge is 2.17. The van der Waals surface area contributed by atoms with Crippen molar-refractivity contribution in [2.24, 2.45) is 5.41 Å². The summed E-state index contributed by atoms with van der Waals surface area (Å²) in [6, 6.07) is 13.5. The molecule has 3 nitrogen and oxygen atoms in total. The predicted molar refractivity (Wildman–Crippen MR) is 72.2 cm³/mol. The molecular formula is C15H16N2O. The van der Waals surface area contributed by atoms with Gasteiger partial charge in [-0.05, 0) is 37.8 Å². The van der Waals surface area contributed by atoms with E-state index in [1.165, 1.54) is 0 Å². The van der Waals surface area contributed by atoms with Gasteiger partial charge in [0.05, 0.1) is 17.0 Å². The first-order chi connectivity index (χ1) is 8.53. The van der Waals surface area contributed by atoms with Crippen LogP contribution in [0.15, 0.2) is 41.2 Å². The smallest absolute Gasteiger partial charge is 0.251 e. The molecule has 0 amide bonds. The van der Waals surface area contributed by atoms with Gasteiger partial charge in [0, 0.05) is 12.6 Å². The molecule has 1 aromatic heterocycles. The zero-order valence-electron chi connectivity index (χ0n) is 10.7. The van der Waals surface area contributed by atoms with E-state index in [0.717, 1.165) is 10.9 Å². The Morgan fingerprint density at radius 1 is 1.22 bits per heavy atom. The minimum atomic E-state index is -0.406. The molecule has 18 heavy (non-hydrogen) atoms. The molecule has 0 saturated carbocycles. The van der Waals surface area contributed by atoms with E-state index in [9.17, 15) is 4.79 Å². The third kappa shape index (κ3) is 2.43. The zero-order valence-corrected chi connectivity index (χ0v) is 10.7. The predicted octanol–water partition coefficient (Wildman–Crippen LogP) is 2.94. The number of rotatable bonds is 3. The van der Waals surface area contributed by atoms with E-state index in [2.05, 4.69) is 6.07 Å². The van der Waals surface area contributed by atoms with Gasteiger partial charge in [-0.25, -0.2) is 0 Å². The second kappa shape index (κ2) is 4.66. The van der Waals surface area contributed by atoms with Crippen molar-refractivity contribution in [1.82, 2.24) is 4.57 Å². The summed E-state index contributed by atoms with van der Waals surface area (Å²) in [4.78, 5) is 11.9. The zero-order chi connectivity index (χ0) is 13.2. The summed E-state index contributed by atoms with van der Waals surface area (Å²) in [5.74, 6) is 0. The van der Waals surface area contributed by atoms with Crippen LogP contribution in [-0.2, 0) is 6.54 Å². The highest BCUT2D eigenvalue weighted by molar-refractivity contribution is 5.78. The van der Waals surface area contributed by atoms with E-state index in [1.54, 1.807) is 10.6 Å². The summed E-state index contributed by atoms with van der Waals surface area (Å²) in [6.07, 6.45) is 0.664. The summed E-state index contributed by atoms with van der Waals surface area (Å²) in [6.45, 7) is 4.35. The van der Waals surface area contributed by atoms with Crippen LogP contribution in [0.5, 0.6) is 0 Å². The van der Waals surface area contributed by atoms with Gasteiger partial charge in [0.25, 0.3) is 5.56 Å². The van der Waals surface area contributed by atoms with Crippen molar-refractivity contribution in [3.63, 3.8) is 0 Å². The lowest BCUT2D eigenvalue weighted by Gasteiger charge is -2.17. The minimum absolute atomic E-state index is 0.0116. The first-order valence-electron chi connectivity index (χ1n) is 6.03. The summed E-state index contributed by atoms with van der Waals surface area (Å²) in [5, 5.41) is 10.1. The van der Waals surface area contributed by atoms with Crippen LogP contribution in [0.2, 0.25) is 0 Å². The summed E-state index contributed by atoms with van der Waals surface area (Å²) in [5.41, 5.74) is 0.511. The maximum absolute atomic E-state index is 11.9. The van der Waals surface area contributed by atoms with Crippen molar-refractivity contribution < 1.29 is 0 Å². The SMILES string of the molecule is CC(C)(C#N)CCn1c(=O)ccc2ccccc21. The van der Waals surface area contributed by atoms with Crippen LogP contribution >= 0.6 is 0 Å². The monoisotopic (exact) mass is 240 g/mol. The van der Waals surface area contributed by atoms with Crippen molar-refractivity contribution in [1.29, 1.82) is 5.26 Å². The quantitative estimate of drug-likeness (QED) is 0.828. The number of benzene rings is 1. The Labute approximate surface area is 106 Å². The molecule has 0 fully saturated rings. The Bertz CT molecular complexity index is 662. The standard InChI is InChI=1S/C15H16N2O/c1-15(2,11-16)9-10-17-13-6-4-3-5-12(13)7-8-14(17)18/h3-8H,9-10H2,1-2H3.